The minimum absolute atomic E-state index is 0.151. The van der Waals surface area contributed by atoms with Crippen molar-refractivity contribution in [2.45, 2.75) is 149 Å². The van der Waals surface area contributed by atoms with E-state index in [1.54, 1.807) is 0 Å². The predicted molar refractivity (Wildman–Crippen MR) is 144 cm³/mol. The Hall–Kier alpha value is -1.32. The van der Waals surface area contributed by atoms with E-state index in [0.717, 1.165) is 77.0 Å². The smallest absolute Gasteiger partial charge is 0.334 e. The molecule has 2 fully saturated rings. The lowest BCUT2D eigenvalue weighted by molar-refractivity contribution is -0.143. The van der Waals surface area contributed by atoms with Crippen LogP contribution in [0.25, 0.3) is 0 Å². The van der Waals surface area contributed by atoms with E-state index in [2.05, 4.69) is 13.8 Å². The molecule has 2 rings (SSSR count). The number of ether oxygens (including phenoxy) is 2. The van der Waals surface area contributed by atoms with Gasteiger partial charge in [0.05, 0.1) is 24.4 Å². The zero-order valence-corrected chi connectivity index (χ0v) is 23.1. The third-order valence-electron chi connectivity index (χ3n) is 7.97. The third kappa shape index (κ3) is 11.5. The summed E-state index contributed by atoms with van der Waals surface area (Å²) in [6, 6.07) is 0. The summed E-state index contributed by atoms with van der Waals surface area (Å²) in [5.74, 6) is -0.157. The highest BCUT2D eigenvalue weighted by molar-refractivity contribution is 6.01. The molecule has 0 saturated heterocycles. The van der Waals surface area contributed by atoms with Crippen molar-refractivity contribution in [3.05, 3.63) is 11.1 Å². The van der Waals surface area contributed by atoms with E-state index in [9.17, 15) is 9.59 Å². The fourth-order valence-electron chi connectivity index (χ4n) is 5.85. The van der Waals surface area contributed by atoms with Crippen LogP contribution in [0.1, 0.15) is 149 Å². The normalized spacial score (nSPS) is 17.9. The maximum atomic E-state index is 13.5. The first-order valence-corrected chi connectivity index (χ1v) is 15.3. The highest BCUT2D eigenvalue weighted by atomic mass is 16.5. The van der Waals surface area contributed by atoms with Gasteiger partial charge in [0.2, 0.25) is 0 Å². The van der Waals surface area contributed by atoms with Crippen molar-refractivity contribution < 1.29 is 19.1 Å². The lowest BCUT2D eigenvalue weighted by Gasteiger charge is -2.27. The van der Waals surface area contributed by atoms with Crippen molar-refractivity contribution in [1.82, 2.24) is 0 Å². The maximum Gasteiger partial charge on any atom is 0.334 e. The standard InChI is InChI=1S/C31H54O4/c1-3-5-7-9-11-18-24-34-30(32)28(26-20-14-13-15-21-26)29(27-22-16-17-23-27)31(33)35-25-19-12-10-8-6-4-2/h26-27H,3-25H2,1-2H3. The molecule has 4 heteroatoms. The van der Waals surface area contributed by atoms with E-state index in [4.69, 9.17) is 9.47 Å². The van der Waals surface area contributed by atoms with Crippen molar-refractivity contribution in [2.75, 3.05) is 13.2 Å². The van der Waals surface area contributed by atoms with Gasteiger partial charge in [-0.3, -0.25) is 0 Å². The first kappa shape index (κ1) is 29.9. The molecule has 0 spiro atoms. The SMILES string of the molecule is CCCCCCCCOC(=O)C(=C(C(=O)OCCCCCCCC)C1CCCC1)C1CCCCC1. The summed E-state index contributed by atoms with van der Waals surface area (Å²) in [7, 11) is 0. The van der Waals surface area contributed by atoms with Gasteiger partial charge in [-0.15, -0.1) is 0 Å². The Labute approximate surface area is 216 Å². The molecule has 0 amide bonds. The number of esters is 2. The first-order valence-electron chi connectivity index (χ1n) is 15.3. The topological polar surface area (TPSA) is 52.6 Å². The Kier molecular flexibility index (Phi) is 16.1. The lowest BCUT2D eigenvalue weighted by atomic mass is 9.79. The van der Waals surface area contributed by atoms with Crippen LogP contribution in [-0.2, 0) is 19.1 Å². The van der Waals surface area contributed by atoms with Crippen molar-refractivity contribution in [3.63, 3.8) is 0 Å². The second-order valence-electron chi connectivity index (χ2n) is 11.0. The Morgan fingerprint density at radius 2 is 0.857 bits per heavy atom. The number of rotatable bonds is 18. The van der Waals surface area contributed by atoms with Gasteiger partial charge in [0.1, 0.15) is 0 Å². The van der Waals surface area contributed by atoms with E-state index in [1.165, 1.54) is 57.8 Å². The van der Waals surface area contributed by atoms with Crippen LogP contribution in [0.5, 0.6) is 0 Å². The molecule has 0 N–H and O–H groups in total. The number of hydrogen-bond acceptors (Lipinski definition) is 4. The fraction of sp³-hybridized carbons (Fsp3) is 0.871. The first-order chi connectivity index (χ1) is 17.2. The summed E-state index contributed by atoms with van der Waals surface area (Å²) in [5, 5.41) is 0. The van der Waals surface area contributed by atoms with Crippen LogP contribution in [0.3, 0.4) is 0 Å². The average Bonchev–Trinajstić information content (AvgIpc) is 3.40. The number of carbonyl (C=O) groups is 2. The molecule has 202 valence electrons. The van der Waals surface area contributed by atoms with Crippen molar-refractivity contribution in [2.24, 2.45) is 11.8 Å². The Morgan fingerprint density at radius 3 is 1.26 bits per heavy atom. The van der Waals surface area contributed by atoms with Crippen LogP contribution in [0.4, 0.5) is 0 Å². The molecule has 2 saturated carbocycles. The summed E-state index contributed by atoms with van der Waals surface area (Å²) in [5.41, 5.74) is 1.38. The quantitative estimate of drug-likeness (QED) is 0.109. The monoisotopic (exact) mass is 490 g/mol. The Morgan fingerprint density at radius 1 is 0.514 bits per heavy atom. The van der Waals surface area contributed by atoms with Crippen molar-refractivity contribution in [3.8, 4) is 0 Å². The molecule has 2 aliphatic rings. The lowest BCUT2D eigenvalue weighted by Crippen LogP contribution is -2.27. The number of unbranched alkanes of at least 4 members (excludes halogenated alkanes) is 10. The van der Waals surface area contributed by atoms with Crippen LogP contribution >= 0.6 is 0 Å². The van der Waals surface area contributed by atoms with Crippen LogP contribution in [0.15, 0.2) is 11.1 Å². The van der Waals surface area contributed by atoms with Crippen molar-refractivity contribution >= 4 is 11.9 Å². The van der Waals surface area contributed by atoms with E-state index in [1.807, 2.05) is 0 Å². The predicted octanol–water partition coefficient (Wildman–Crippen LogP) is 8.86. The van der Waals surface area contributed by atoms with E-state index in [-0.39, 0.29) is 23.8 Å². The molecule has 0 bridgehead atoms. The number of hydrogen-bond donors (Lipinski definition) is 0. The Balaban J connectivity index is 2.05. The van der Waals surface area contributed by atoms with Gasteiger partial charge in [0.25, 0.3) is 0 Å². The van der Waals surface area contributed by atoms with Gasteiger partial charge in [-0.2, -0.15) is 0 Å². The van der Waals surface area contributed by atoms with Gasteiger partial charge in [-0.05, 0) is 50.4 Å². The highest BCUT2D eigenvalue weighted by Crippen LogP contribution is 2.39. The molecule has 0 aromatic rings. The second-order valence-corrected chi connectivity index (χ2v) is 11.0. The van der Waals surface area contributed by atoms with Crippen LogP contribution in [0.2, 0.25) is 0 Å². The largest absolute Gasteiger partial charge is 0.462 e. The van der Waals surface area contributed by atoms with Gasteiger partial charge >= 0.3 is 11.9 Å². The molecule has 0 atom stereocenters. The Bertz CT molecular complexity index is 611. The average molecular weight is 491 g/mol. The zero-order valence-electron chi connectivity index (χ0n) is 23.1. The molecule has 0 radical (unpaired) electrons. The third-order valence-corrected chi connectivity index (χ3v) is 7.97. The maximum absolute atomic E-state index is 13.5. The number of carbonyl (C=O) groups excluding carboxylic acids is 2. The minimum Gasteiger partial charge on any atom is -0.462 e. The minimum atomic E-state index is -0.234. The van der Waals surface area contributed by atoms with E-state index in [0.29, 0.717) is 24.4 Å². The van der Waals surface area contributed by atoms with Crippen molar-refractivity contribution in [1.29, 1.82) is 0 Å². The molecule has 0 aromatic carbocycles. The molecule has 0 aromatic heterocycles. The molecular formula is C31H54O4. The van der Waals surface area contributed by atoms with Crippen LogP contribution in [-0.4, -0.2) is 25.2 Å². The highest BCUT2D eigenvalue weighted by Gasteiger charge is 2.36. The molecule has 0 heterocycles. The zero-order chi connectivity index (χ0) is 25.1. The second kappa shape index (κ2) is 18.9. The molecular weight excluding hydrogens is 436 g/mol. The molecule has 0 aliphatic heterocycles. The van der Waals surface area contributed by atoms with Gasteiger partial charge in [-0.1, -0.05) is 110 Å². The summed E-state index contributed by atoms with van der Waals surface area (Å²) < 4.78 is 11.7. The fourth-order valence-corrected chi connectivity index (χ4v) is 5.85. The van der Waals surface area contributed by atoms with E-state index >= 15 is 0 Å². The summed E-state index contributed by atoms with van der Waals surface area (Å²) in [6.07, 6.45) is 23.7. The molecule has 35 heavy (non-hydrogen) atoms. The summed E-state index contributed by atoms with van der Waals surface area (Å²) in [4.78, 5) is 26.9. The van der Waals surface area contributed by atoms with Gasteiger partial charge in [0, 0.05) is 0 Å². The van der Waals surface area contributed by atoms with Crippen LogP contribution < -0.4 is 0 Å². The van der Waals surface area contributed by atoms with E-state index < -0.39 is 0 Å². The molecule has 4 nitrogen and oxygen atoms in total. The van der Waals surface area contributed by atoms with Gasteiger partial charge in [-0.25, -0.2) is 9.59 Å². The van der Waals surface area contributed by atoms with Gasteiger partial charge in [0.15, 0.2) is 0 Å². The summed E-state index contributed by atoms with van der Waals surface area (Å²) >= 11 is 0. The summed E-state index contributed by atoms with van der Waals surface area (Å²) in [6.45, 7) is 5.38. The molecule has 2 aliphatic carbocycles. The van der Waals surface area contributed by atoms with Crippen LogP contribution in [0, 0.1) is 11.8 Å². The van der Waals surface area contributed by atoms with Gasteiger partial charge < -0.3 is 9.47 Å². The molecule has 0 unspecified atom stereocenters.